The number of hydrogen-bond acceptors (Lipinski definition) is 4. The SMILES string of the molecule is CC(C)(OC[C@@H](N=[N+]=[N-])[C@@H](COC(C)(C)c1ccccc1)N=[N+]=[N-])c1ccccc1. The van der Waals surface area contributed by atoms with Crippen LogP contribution in [0.3, 0.4) is 0 Å². The maximum Gasteiger partial charge on any atom is 0.0875 e. The van der Waals surface area contributed by atoms with Crippen LogP contribution in [0.5, 0.6) is 0 Å². The van der Waals surface area contributed by atoms with E-state index in [4.69, 9.17) is 20.5 Å². The quantitative estimate of drug-likeness (QED) is 0.248. The van der Waals surface area contributed by atoms with Gasteiger partial charge in [-0.1, -0.05) is 70.9 Å². The molecule has 0 N–H and O–H groups in total. The first-order valence-corrected chi connectivity index (χ1v) is 9.77. The molecule has 2 aromatic carbocycles. The topological polar surface area (TPSA) is 116 Å². The van der Waals surface area contributed by atoms with E-state index in [1.54, 1.807) is 0 Å². The lowest BCUT2D eigenvalue weighted by Crippen LogP contribution is -2.37. The van der Waals surface area contributed by atoms with E-state index < -0.39 is 23.3 Å². The van der Waals surface area contributed by atoms with Gasteiger partial charge in [-0.05, 0) is 49.9 Å². The van der Waals surface area contributed by atoms with Crippen LogP contribution in [-0.4, -0.2) is 25.3 Å². The fraction of sp³-hybridized carbons (Fsp3) is 0.455. The highest BCUT2D eigenvalue weighted by molar-refractivity contribution is 5.21. The van der Waals surface area contributed by atoms with E-state index in [1.165, 1.54) is 0 Å². The van der Waals surface area contributed by atoms with Gasteiger partial charge in [0.25, 0.3) is 0 Å². The molecule has 0 aliphatic rings. The Morgan fingerprint density at radius 3 is 1.33 bits per heavy atom. The maximum atomic E-state index is 9.03. The molecule has 8 heteroatoms. The lowest BCUT2D eigenvalue weighted by atomic mass is 9.97. The summed E-state index contributed by atoms with van der Waals surface area (Å²) in [6.45, 7) is 7.93. The van der Waals surface area contributed by atoms with E-state index >= 15 is 0 Å². The average molecular weight is 409 g/mol. The Kier molecular flexibility index (Phi) is 8.27. The van der Waals surface area contributed by atoms with Crippen LogP contribution in [0.1, 0.15) is 38.8 Å². The predicted molar refractivity (Wildman–Crippen MR) is 117 cm³/mol. The van der Waals surface area contributed by atoms with Gasteiger partial charge in [0.05, 0.1) is 36.5 Å². The summed E-state index contributed by atoms with van der Waals surface area (Å²) in [6.07, 6.45) is 0. The first kappa shape index (κ1) is 23.3. The lowest BCUT2D eigenvalue weighted by Gasteiger charge is -2.31. The van der Waals surface area contributed by atoms with Gasteiger partial charge in [-0.2, -0.15) is 0 Å². The molecule has 0 unspecified atom stereocenters. The van der Waals surface area contributed by atoms with E-state index in [0.29, 0.717) is 0 Å². The van der Waals surface area contributed by atoms with Gasteiger partial charge in [0.15, 0.2) is 0 Å². The van der Waals surface area contributed by atoms with E-state index in [2.05, 4.69) is 20.1 Å². The zero-order valence-corrected chi connectivity index (χ0v) is 17.8. The molecule has 0 saturated heterocycles. The molecule has 0 heterocycles. The summed E-state index contributed by atoms with van der Waals surface area (Å²) in [4.78, 5) is 5.84. The molecule has 30 heavy (non-hydrogen) atoms. The minimum atomic E-state index is -0.708. The highest BCUT2D eigenvalue weighted by atomic mass is 16.5. The first-order valence-electron chi connectivity index (χ1n) is 9.77. The van der Waals surface area contributed by atoms with E-state index in [-0.39, 0.29) is 13.2 Å². The van der Waals surface area contributed by atoms with Crippen LogP contribution in [0.25, 0.3) is 20.9 Å². The molecule has 0 spiro atoms. The number of azide groups is 2. The Morgan fingerprint density at radius 1 is 0.700 bits per heavy atom. The van der Waals surface area contributed by atoms with Gasteiger partial charge in [0, 0.05) is 9.82 Å². The normalized spacial score (nSPS) is 13.6. The van der Waals surface area contributed by atoms with Crippen LogP contribution >= 0.6 is 0 Å². The summed E-state index contributed by atoms with van der Waals surface area (Å²) in [5.41, 5.74) is 18.8. The molecule has 2 aromatic rings. The summed E-state index contributed by atoms with van der Waals surface area (Å²) >= 11 is 0. The Hall–Kier alpha value is -3.02. The fourth-order valence-electron chi connectivity index (χ4n) is 3.01. The summed E-state index contributed by atoms with van der Waals surface area (Å²) in [5, 5.41) is 7.65. The molecule has 158 valence electrons. The molecule has 0 fully saturated rings. The van der Waals surface area contributed by atoms with Crippen molar-refractivity contribution in [3.8, 4) is 0 Å². The van der Waals surface area contributed by atoms with E-state index in [9.17, 15) is 0 Å². The van der Waals surface area contributed by atoms with Crippen molar-refractivity contribution in [3.05, 3.63) is 92.7 Å². The lowest BCUT2D eigenvalue weighted by molar-refractivity contribution is -0.0520. The molecular weight excluding hydrogens is 380 g/mol. The van der Waals surface area contributed by atoms with Crippen LogP contribution in [-0.2, 0) is 20.7 Å². The Labute approximate surface area is 177 Å². The number of nitrogens with zero attached hydrogens (tertiary/aromatic N) is 6. The minimum absolute atomic E-state index is 0.0881. The van der Waals surface area contributed by atoms with Gasteiger partial charge >= 0.3 is 0 Å². The smallest absolute Gasteiger partial charge is 0.0875 e. The summed E-state index contributed by atoms with van der Waals surface area (Å²) in [5.74, 6) is 0. The molecular formula is C22H28N6O2. The molecule has 0 bridgehead atoms. The van der Waals surface area contributed by atoms with Gasteiger partial charge in [-0.3, -0.25) is 0 Å². The van der Waals surface area contributed by atoms with Crippen LogP contribution in [0, 0.1) is 0 Å². The van der Waals surface area contributed by atoms with Gasteiger partial charge in [-0.15, -0.1) is 0 Å². The van der Waals surface area contributed by atoms with Crippen molar-refractivity contribution in [2.24, 2.45) is 10.2 Å². The molecule has 0 aromatic heterocycles. The third-order valence-electron chi connectivity index (χ3n) is 5.01. The van der Waals surface area contributed by atoms with Crippen molar-refractivity contribution >= 4 is 0 Å². The molecule has 0 radical (unpaired) electrons. The van der Waals surface area contributed by atoms with Gasteiger partial charge < -0.3 is 9.47 Å². The zero-order valence-electron chi connectivity index (χ0n) is 17.8. The highest BCUT2D eigenvalue weighted by Crippen LogP contribution is 2.27. The van der Waals surface area contributed by atoms with Crippen molar-refractivity contribution in [1.82, 2.24) is 0 Å². The Bertz CT molecular complexity index is 813. The number of rotatable bonds is 11. The van der Waals surface area contributed by atoms with Crippen molar-refractivity contribution in [2.75, 3.05) is 13.2 Å². The van der Waals surface area contributed by atoms with Crippen LogP contribution in [0.4, 0.5) is 0 Å². The molecule has 2 rings (SSSR count). The summed E-state index contributed by atoms with van der Waals surface area (Å²) in [6, 6.07) is 18.1. The molecule has 8 nitrogen and oxygen atoms in total. The van der Waals surface area contributed by atoms with Gasteiger partial charge in [-0.25, -0.2) is 0 Å². The molecule has 0 aliphatic carbocycles. The van der Waals surface area contributed by atoms with E-state index in [0.717, 1.165) is 11.1 Å². The molecule has 2 atom stereocenters. The van der Waals surface area contributed by atoms with Crippen LogP contribution in [0.2, 0.25) is 0 Å². The molecule has 0 amide bonds. The summed E-state index contributed by atoms with van der Waals surface area (Å²) < 4.78 is 12.1. The second-order valence-electron chi connectivity index (χ2n) is 7.92. The third-order valence-corrected chi connectivity index (χ3v) is 5.01. The standard InChI is InChI=1S/C22H28N6O2/c1-21(2,17-11-7-5-8-12-17)29-15-19(25-27-23)20(26-28-24)16-30-22(3,4)18-13-9-6-10-14-18/h5-14,19-20H,15-16H2,1-4H3/t19-,20-/m1/s1. The number of benzene rings is 2. The number of ether oxygens (including phenoxy) is 2. The zero-order chi connectivity index (χ0) is 22.0. The third kappa shape index (κ3) is 6.51. The van der Waals surface area contributed by atoms with E-state index in [1.807, 2.05) is 88.4 Å². The van der Waals surface area contributed by atoms with Crippen molar-refractivity contribution in [2.45, 2.75) is 51.0 Å². The van der Waals surface area contributed by atoms with Crippen LogP contribution in [0.15, 0.2) is 70.9 Å². The summed E-state index contributed by atoms with van der Waals surface area (Å²) in [7, 11) is 0. The predicted octanol–water partition coefficient (Wildman–Crippen LogP) is 6.25. The fourth-order valence-corrected chi connectivity index (χ4v) is 3.01. The van der Waals surface area contributed by atoms with Crippen molar-refractivity contribution in [1.29, 1.82) is 0 Å². The van der Waals surface area contributed by atoms with Crippen molar-refractivity contribution < 1.29 is 9.47 Å². The first-order chi connectivity index (χ1) is 14.3. The van der Waals surface area contributed by atoms with Crippen LogP contribution < -0.4 is 0 Å². The second-order valence-corrected chi connectivity index (χ2v) is 7.92. The minimum Gasteiger partial charge on any atom is -0.370 e. The largest absolute Gasteiger partial charge is 0.370 e. The second kappa shape index (κ2) is 10.7. The maximum absolute atomic E-state index is 9.03. The molecule has 0 aliphatic heterocycles. The Balaban J connectivity index is 2.11. The molecule has 0 saturated carbocycles. The van der Waals surface area contributed by atoms with Crippen molar-refractivity contribution in [3.63, 3.8) is 0 Å². The number of hydrogen-bond donors (Lipinski definition) is 0. The Morgan fingerprint density at radius 2 is 1.03 bits per heavy atom. The van der Waals surface area contributed by atoms with Gasteiger partial charge in [0.1, 0.15) is 0 Å². The average Bonchev–Trinajstić information content (AvgIpc) is 2.75. The monoisotopic (exact) mass is 408 g/mol. The van der Waals surface area contributed by atoms with Gasteiger partial charge in [0.2, 0.25) is 0 Å². The highest BCUT2D eigenvalue weighted by Gasteiger charge is 2.29.